The second-order valence-electron chi connectivity index (χ2n) is 6.69. The van der Waals surface area contributed by atoms with E-state index >= 15 is 0 Å². The van der Waals surface area contributed by atoms with E-state index in [0.29, 0.717) is 17.4 Å². The van der Waals surface area contributed by atoms with Gasteiger partial charge in [0.2, 0.25) is 5.91 Å². The third-order valence-electron chi connectivity index (χ3n) is 5.04. The number of amides is 1. The molecule has 2 heterocycles. The molecule has 1 aliphatic heterocycles. The zero-order chi connectivity index (χ0) is 18.7. The van der Waals surface area contributed by atoms with Crippen LogP contribution in [0.25, 0.3) is 0 Å². The molecular formula is C19H28Cl2N4O3. The van der Waals surface area contributed by atoms with Crippen LogP contribution in [-0.2, 0) is 11.8 Å². The minimum Gasteiger partial charge on any atom is -0.497 e. The molecule has 9 heteroatoms. The maximum Gasteiger partial charge on any atom is 0.224 e. The van der Waals surface area contributed by atoms with Crippen LogP contribution in [0.2, 0.25) is 0 Å². The lowest BCUT2D eigenvalue weighted by atomic mass is 9.88. The third-order valence-corrected chi connectivity index (χ3v) is 5.04. The first-order valence-corrected chi connectivity index (χ1v) is 8.74. The third kappa shape index (κ3) is 5.10. The van der Waals surface area contributed by atoms with Crippen LogP contribution in [0.1, 0.15) is 24.4 Å². The largest absolute Gasteiger partial charge is 0.497 e. The van der Waals surface area contributed by atoms with Crippen molar-refractivity contribution in [3.8, 4) is 11.5 Å². The summed E-state index contributed by atoms with van der Waals surface area (Å²) in [7, 11) is 5.13. The number of ether oxygens (including phenoxy) is 2. The molecule has 0 spiro atoms. The van der Waals surface area contributed by atoms with E-state index in [0.717, 1.165) is 24.5 Å². The van der Waals surface area contributed by atoms with Crippen molar-refractivity contribution < 1.29 is 14.3 Å². The fourth-order valence-electron chi connectivity index (χ4n) is 3.10. The lowest BCUT2D eigenvalue weighted by molar-refractivity contribution is -0.127. The van der Waals surface area contributed by atoms with Gasteiger partial charge in [-0.05, 0) is 36.7 Å². The summed E-state index contributed by atoms with van der Waals surface area (Å²) in [6.45, 7) is 3.74. The van der Waals surface area contributed by atoms with Crippen molar-refractivity contribution in [1.82, 2.24) is 20.2 Å². The molecular weight excluding hydrogens is 403 g/mol. The van der Waals surface area contributed by atoms with Crippen molar-refractivity contribution in [3.63, 3.8) is 0 Å². The highest BCUT2D eigenvalue weighted by Crippen LogP contribution is 2.30. The summed E-state index contributed by atoms with van der Waals surface area (Å²) >= 11 is 0. The SMILES string of the molecule is COc1cc(OC)cc(C(NC(=O)C(C)C2CNC2)c2nccn2C)c1.Cl.Cl. The molecule has 0 radical (unpaired) electrons. The Labute approximate surface area is 178 Å². The maximum absolute atomic E-state index is 12.8. The van der Waals surface area contributed by atoms with Gasteiger partial charge in [0.1, 0.15) is 23.4 Å². The Hall–Kier alpha value is -1.96. The molecule has 156 valence electrons. The molecule has 0 saturated carbocycles. The fraction of sp³-hybridized carbons (Fsp3) is 0.474. The average Bonchev–Trinajstić information content (AvgIpc) is 3.03. The number of nitrogens with zero attached hydrogens (tertiary/aromatic N) is 2. The Morgan fingerprint density at radius 2 is 1.82 bits per heavy atom. The molecule has 2 aromatic rings. The Kier molecular flexibility index (Phi) is 9.07. The van der Waals surface area contributed by atoms with Gasteiger partial charge < -0.3 is 24.7 Å². The number of hydrogen-bond acceptors (Lipinski definition) is 5. The Morgan fingerprint density at radius 1 is 1.21 bits per heavy atom. The highest BCUT2D eigenvalue weighted by Gasteiger charge is 2.31. The van der Waals surface area contributed by atoms with Crippen molar-refractivity contribution in [2.75, 3.05) is 27.3 Å². The number of carbonyl (C=O) groups excluding carboxylic acids is 1. The normalized spacial score (nSPS) is 15.3. The Morgan fingerprint density at radius 3 is 2.25 bits per heavy atom. The van der Waals surface area contributed by atoms with Crippen LogP contribution in [0.4, 0.5) is 0 Å². The summed E-state index contributed by atoms with van der Waals surface area (Å²) in [6, 6.07) is 5.22. The van der Waals surface area contributed by atoms with E-state index < -0.39 is 0 Å². The molecule has 28 heavy (non-hydrogen) atoms. The molecule has 1 saturated heterocycles. The topological polar surface area (TPSA) is 77.4 Å². The van der Waals surface area contributed by atoms with E-state index in [1.807, 2.05) is 42.9 Å². The number of aromatic nitrogens is 2. The summed E-state index contributed by atoms with van der Waals surface area (Å²) in [4.78, 5) is 17.3. The number of hydrogen-bond donors (Lipinski definition) is 2. The predicted octanol–water partition coefficient (Wildman–Crippen LogP) is 2.34. The molecule has 2 atom stereocenters. The number of nitrogens with one attached hydrogen (secondary N) is 2. The van der Waals surface area contributed by atoms with E-state index in [1.54, 1.807) is 20.4 Å². The van der Waals surface area contributed by atoms with Crippen LogP contribution >= 0.6 is 24.8 Å². The van der Waals surface area contributed by atoms with Gasteiger partial charge in [-0.1, -0.05) is 6.92 Å². The fourth-order valence-corrected chi connectivity index (χ4v) is 3.10. The molecule has 7 nitrogen and oxygen atoms in total. The van der Waals surface area contributed by atoms with Gasteiger partial charge in [0.25, 0.3) is 0 Å². The molecule has 1 aromatic heterocycles. The molecule has 1 amide bonds. The van der Waals surface area contributed by atoms with Gasteiger partial charge >= 0.3 is 0 Å². The number of imidazole rings is 1. The van der Waals surface area contributed by atoms with Crippen molar-refractivity contribution in [2.45, 2.75) is 13.0 Å². The Balaban J connectivity index is 0.00000196. The van der Waals surface area contributed by atoms with E-state index in [2.05, 4.69) is 15.6 Å². The van der Waals surface area contributed by atoms with Gasteiger partial charge in [-0.3, -0.25) is 4.79 Å². The van der Waals surface area contributed by atoms with E-state index in [9.17, 15) is 4.79 Å². The monoisotopic (exact) mass is 430 g/mol. The highest BCUT2D eigenvalue weighted by molar-refractivity contribution is 5.85. The first kappa shape index (κ1) is 24.1. The summed E-state index contributed by atoms with van der Waals surface area (Å²) in [5.74, 6) is 2.43. The molecule has 3 rings (SSSR count). The first-order chi connectivity index (χ1) is 12.5. The second-order valence-corrected chi connectivity index (χ2v) is 6.69. The van der Waals surface area contributed by atoms with Crippen molar-refractivity contribution in [2.24, 2.45) is 18.9 Å². The minimum absolute atomic E-state index is 0. The van der Waals surface area contributed by atoms with Crippen LogP contribution in [0, 0.1) is 11.8 Å². The summed E-state index contributed by atoms with van der Waals surface area (Å²) in [6.07, 6.45) is 3.59. The quantitative estimate of drug-likeness (QED) is 0.704. The minimum atomic E-state index is -0.387. The number of benzene rings is 1. The molecule has 2 N–H and O–H groups in total. The van der Waals surface area contributed by atoms with Crippen molar-refractivity contribution in [1.29, 1.82) is 0 Å². The lowest BCUT2D eigenvalue weighted by Crippen LogP contribution is -2.50. The summed E-state index contributed by atoms with van der Waals surface area (Å²) < 4.78 is 12.7. The van der Waals surface area contributed by atoms with E-state index in [-0.39, 0.29) is 42.7 Å². The standard InChI is InChI=1S/C19H26N4O3.2ClH/c1-12(14-10-20-11-14)19(24)22-17(18-21-5-6-23(18)2)13-7-15(25-3)9-16(8-13)26-4;;/h5-9,12,14,17,20H,10-11H2,1-4H3,(H,22,24);2*1H. The summed E-state index contributed by atoms with van der Waals surface area (Å²) in [5, 5.41) is 6.39. The molecule has 1 aliphatic rings. The zero-order valence-corrected chi connectivity index (χ0v) is 18.1. The smallest absolute Gasteiger partial charge is 0.224 e. The molecule has 0 aliphatic carbocycles. The predicted molar refractivity (Wildman–Crippen MR) is 113 cm³/mol. The highest BCUT2D eigenvalue weighted by atomic mass is 35.5. The van der Waals surface area contributed by atoms with E-state index in [4.69, 9.17) is 9.47 Å². The van der Waals surface area contributed by atoms with Gasteiger partial charge in [-0.15, -0.1) is 24.8 Å². The average molecular weight is 431 g/mol. The van der Waals surface area contributed by atoms with Crippen LogP contribution in [0.3, 0.4) is 0 Å². The Bertz CT molecular complexity index is 758. The number of methoxy groups -OCH3 is 2. The molecule has 1 aromatic carbocycles. The van der Waals surface area contributed by atoms with Crippen LogP contribution in [-0.4, -0.2) is 42.8 Å². The van der Waals surface area contributed by atoms with Crippen LogP contribution in [0.15, 0.2) is 30.6 Å². The zero-order valence-electron chi connectivity index (χ0n) is 16.5. The van der Waals surface area contributed by atoms with Gasteiger partial charge in [0, 0.05) is 31.4 Å². The van der Waals surface area contributed by atoms with Gasteiger partial charge in [-0.2, -0.15) is 0 Å². The number of rotatable bonds is 7. The molecule has 1 fully saturated rings. The van der Waals surface area contributed by atoms with E-state index in [1.165, 1.54) is 0 Å². The number of aryl methyl sites for hydroxylation is 1. The molecule has 0 bridgehead atoms. The van der Waals surface area contributed by atoms with Crippen molar-refractivity contribution >= 4 is 30.7 Å². The van der Waals surface area contributed by atoms with Crippen molar-refractivity contribution in [3.05, 3.63) is 42.0 Å². The lowest BCUT2D eigenvalue weighted by Gasteiger charge is -2.32. The van der Waals surface area contributed by atoms with Gasteiger partial charge in [-0.25, -0.2) is 4.98 Å². The second kappa shape index (κ2) is 10.5. The van der Waals surface area contributed by atoms with Gasteiger partial charge in [0.15, 0.2) is 0 Å². The molecule has 2 unspecified atom stereocenters. The number of halogens is 2. The summed E-state index contributed by atoms with van der Waals surface area (Å²) in [5.41, 5.74) is 0.864. The van der Waals surface area contributed by atoms with Crippen LogP contribution < -0.4 is 20.1 Å². The number of carbonyl (C=O) groups is 1. The maximum atomic E-state index is 12.8. The van der Waals surface area contributed by atoms with Gasteiger partial charge in [0.05, 0.1) is 14.2 Å². The van der Waals surface area contributed by atoms with Crippen LogP contribution in [0.5, 0.6) is 11.5 Å². The first-order valence-electron chi connectivity index (χ1n) is 8.74.